The lowest BCUT2D eigenvalue weighted by molar-refractivity contribution is -0.144. The molecule has 0 aliphatic rings. The Balaban J connectivity index is -0.000000368. The summed E-state index contributed by atoms with van der Waals surface area (Å²) in [7, 11) is 0. The molecule has 0 unspecified atom stereocenters. The van der Waals surface area contributed by atoms with Gasteiger partial charge in [-0.2, -0.15) is 5.26 Å². The third-order valence-corrected chi connectivity index (χ3v) is 2.43. The highest BCUT2D eigenvalue weighted by molar-refractivity contribution is 5.79. The van der Waals surface area contributed by atoms with Gasteiger partial charge in [0.25, 0.3) is 0 Å². The first-order chi connectivity index (χ1) is 10.7. The number of hydrogen-bond acceptors (Lipinski definition) is 4. The predicted octanol–water partition coefficient (Wildman–Crippen LogP) is 2.86. The lowest BCUT2D eigenvalue weighted by Crippen LogP contribution is -2.26. The Morgan fingerprint density at radius 3 is 1.70 bits per heavy atom. The third kappa shape index (κ3) is 15.3. The first kappa shape index (κ1) is 25.1. The molecular formula is C16H23NO6. The molecule has 7 heteroatoms. The molecule has 0 bridgehead atoms. The molecule has 0 aromatic rings. The van der Waals surface area contributed by atoms with Crippen LogP contribution < -0.4 is 0 Å². The van der Waals surface area contributed by atoms with Crippen LogP contribution in [0.3, 0.4) is 0 Å². The maximum Gasteiger partial charge on any atom is 0.317 e. The molecule has 3 N–H and O–H groups in total. The maximum atomic E-state index is 10.9. The molecule has 0 saturated heterocycles. The minimum Gasteiger partial charge on any atom is -0.481 e. The van der Waals surface area contributed by atoms with Gasteiger partial charge in [-0.3, -0.25) is 14.4 Å². The van der Waals surface area contributed by atoms with Crippen LogP contribution >= 0.6 is 0 Å². The largest absolute Gasteiger partial charge is 0.481 e. The molecule has 0 aromatic heterocycles. The van der Waals surface area contributed by atoms with Crippen molar-refractivity contribution in [2.75, 3.05) is 0 Å². The van der Waals surface area contributed by atoms with Gasteiger partial charge in [-0.25, -0.2) is 0 Å². The van der Waals surface area contributed by atoms with E-state index in [1.807, 2.05) is 0 Å². The fourth-order valence-corrected chi connectivity index (χ4v) is 1.22. The summed E-state index contributed by atoms with van der Waals surface area (Å²) < 4.78 is 0. The number of carboxylic acids is 3. The van der Waals surface area contributed by atoms with Gasteiger partial charge in [-0.05, 0) is 12.8 Å². The van der Waals surface area contributed by atoms with Crippen LogP contribution in [0.25, 0.3) is 0 Å². The molecule has 0 atom stereocenters. The van der Waals surface area contributed by atoms with E-state index < -0.39 is 23.3 Å². The Bertz CT molecular complexity index is 454. The monoisotopic (exact) mass is 325 g/mol. The molecule has 0 aliphatic heterocycles. The van der Waals surface area contributed by atoms with Crippen molar-refractivity contribution in [2.24, 2.45) is 5.41 Å². The zero-order valence-electron chi connectivity index (χ0n) is 13.2. The minimum absolute atomic E-state index is 0.0449. The number of rotatable bonds is 9. The van der Waals surface area contributed by atoms with Crippen molar-refractivity contribution >= 4 is 17.9 Å². The number of hydrogen-bond donors (Lipinski definition) is 3. The Kier molecular flexibility index (Phi) is 16.9. The van der Waals surface area contributed by atoms with Crippen LogP contribution in [-0.4, -0.2) is 33.2 Å². The van der Waals surface area contributed by atoms with Gasteiger partial charge in [0, 0.05) is 13.3 Å². The normalized spacial score (nSPS) is 8.70. The zero-order chi connectivity index (χ0) is 18.9. The topological polar surface area (TPSA) is 136 Å². The van der Waals surface area contributed by atoms with Crippen LogP contribution in [0.1, 0.15) is 32.6 Å². The summed E-state index contributed by atoms with van der Waals surface area (Å²) in [6.45, 7) is 11.5. The summed E-state index contributed by atoms with van der Waals surface area (Å²) in [6.07, 6.45) is 4.43. The lowest BCUT2D eigenvalue weighted by Gasteiger charge is -2.20. The number of aliphatic carboxylic acids is 3. The van der Waals surface area contributed by atoms with E-state index in [2.05, 4.69) is 19.7 Å². The van der Waals surface area contributed by atoms with E-state index in [1.54, 1.807) is 6.07 Å². The van der Waals surface area contributed by atoms with Crippen molar-refractivity contribution in [2.45, 2.75) is 32.6 Å². The summed E-state index contributed by atoms with van der Waals surface area (Å²) in [5.41, 5.74) is -1.20. The quantitative estimate of drug-likeness (QED) is 0.554. The van der Waals surface area contributed by atoms with Gasteiger partial charge in [0.1, 0.15) is 5.41 Å². The number of nitrogens with zero attached hydrogens (tertiary/aromatic N) is 1. The molecule has 0 amide bonds. The molecular weight excluding hydrogens is 302 g/mol. The van der Waals surface area contributed by atoms with Gasteiger partial charge < -0.3 is 15.3 Å². The standard InChI is InChI=1S/C10H14O4.C4H6O2.C2H3N/c1-3-10(4-2,9(13)14)7-5-6-8(11)12;1-2-3-4(5)6;1-2-3/h3-4H,1-2,5-7H2,(H,11,12)(H,13,14);2H,1,3H2,(H,5,6);1H3. The van der Waals surface area contributed by atoms with Gasteiger partial charge in [0.15, 0.2) is 0 Å². The Hall–Kier alpha value is -2.88. The van der Waals surface area contributed by atoms with E-state index in [9.17, 15) is 14.4 Å². The van der Waals surface area contributed by atoms with Crippen LogP contribution in [0.5, 0.6) is 0 Å². The molecule has 0 saturated carbocycles. The second-order valence-corrected chi connectivity index (χ2v) is 4.11. The van der Waals surface area contributed by atoms with Crippen molar-refractivity contribution in [3.05, 3.63) is 38.0 Å². The summed E-state index contributed by atoms with van der Waals surface area (Å²) in [6, 6.07) is 1.75. The Labute approximate surface area is 135 Å². The van der Waals surface area contributed by atoms with Crippen LogP contribution in [0.2, 0.25) is 0 Å². The van der Waals surface area contributed by atoms with Crippen molar-refractivity contribution in [3.8, 4) is 6.07 Å². The van der Waals surface area contributed by atoms with Gasteiger partial charge in [0.2, 0.25) is 0 Å². The highest BCUT2D eigenvalue weighted by atomic mass is 16.4. The molecule has 23 heavy (non-hydrogen) atoms. The molecule has 0 rings (SSSR count). The lowest BCUT2D eigenvalue weighted by atomic mass is 9.83. The van der Waals surface area contributed by atoms with Crippen LogP contribution in [-0.2, 0) is 14.4 Å². The van der Waals surface area contributed by atoms with Crippen LogP contribution in [0.15, 0.2) is 38.0 Å². The van der Waals surface area contributed by atoms with E-state index >= 15 is 0 Å². The van der Waals surface area contributed by atoms with Crippen LogP contribution in [0, 0.1) is 16.7 Å². The predicted molar refractivity (Wildman–Crippen MR) is 85.7 cm³/mol. The molecule has 0 aromatic carbocycles. The van der Waals surface area contributed by atoms with Crippen molar-refractivity contribution in [3.63, 3.8) is 0 Å². The van der Waals surface area contributed by atoms with Gasteiger partial charge in [-0.1, -0.05) is 18.2 Å². The molecule has 0 radical (unpaired) electrons. The van der Waals surface area contributed by atoms with E-state index in [-0.39, 0.29) is 19.3 Å². The molecule has 0 aliphatic carbocycles. The maximum absolute atomic E-state index is 10.9. The molecule has 0 fully saturated rings. The number of carbonyl (C=O) groups is 3. The summed E-state index contributed by atoms with van der Waals surface area (Å²) in [5, 5.41) is 32.5. The average molecular weight is 325 g/mol. The molecule has 7 nitrogen and oxygen atoms in total. The zero-order valence-corrected chi connectivity index (χ0v) is 13.2. The number of nitriles is 1. The van der Waals surface area contributed by atoms with Gasteiger partial charge >= 0.3 is 17.9 Å². The molecule has 128 valence electrons. The highest BCUT2D eigenvalue weighted by Gasteiger charge is 2.31. The number of carboxylic acid groups (broad SMARTS) is 3. The van der Waals surface area contributed by atoms with Crippen molar-refractivity contribution in [1.29, 1.82) is 5.26 Å². The second-order valence-electron chi connectivity index (χ2n) is 4.11. The van der Waals surface area contributed by atoms with E-state index in [0.29, 0.717) is 6.42 Å². The summed E-state index contributed by atoms with van der Waals surface area (Å²) >= 11 is 0. The Morgan fingerprint density at radius 1 is 1.09 bits per heavy atom. The smallest absolute Gasteiger partial charge is 0.317 e. The van der Waals surface area contributed by atoms with Crippen LogP contribution in [0.4, 0.5) is 0 Å². The highest BCUT2D eigenvalue weighted by Crippen LogP contribution is 2.27. The van der Waals surface area contributed by atoms with E-state index in [0.717, 1.165) is 0 Å². The first-order valence-electron chi connectivity index (χ1n) is 6.53. The Morgan fingerprint density at radius 2 is 1.52 bits per heavy atom. The minimum atomic E-state index is -1.20. The fraction of sp³-hybridized carbons (Fsp3) is 0.375. The second kappa shape index (κ2) is 15.5. The summed E-state index contributed by atoms with van der Waals surface area (Å²) in [4.78, 5) is 30.6. The first-order valence-corrected chi connectivity index (χ1v) is 6.53. The molecule has 0 spiro atoms. The van der Waals surface area contributed by atoms with Crippen molar-refractivity contribution in [1.82, 2.24) is 0 Å². The van der Waals surface area contributed by atoms with E-state index in [4.69, 9.17) is 20.6 Å². The molecule has 0 heterocycles. The summed E-state index contributed by atoms with van der Waals surface area (Å²) in [5.74, 6) is -2.81. The SMILES string of the molecule is C=CC(C=C)(CCCC(=O)O)C(=O)O.C=CCC(=O)O.CC#N. The van der Waals surface area contributed by atoms with E-state index in [1.165, 1.54) is 25.2 Å². The third-order valence-electron chi connectivity index (χ3n) is 2.43. The van der Waals surface area contributed by atoms with Gasteiger partial charge in [-0.15, -0.1) is 19.7 Å². The average Bonchev–Trinajstić information content (AvgIpc) is 2.44. The van der Waals surface area contributed by atoms with Gasteiger partial charge in [0.05, 0.1) is 12.5 Å². The fourth-order valence-electron chi connectivity index (χ4n) is 1.22. The van der Waals surface area contributed by atoms with Crippen molar-refractivity contribution < 1.29 is 29.7 Å².